The number of hydrogen-bond donors (Lipinski definition) is 1. The molecule has 3 aromatic heterocycles. The molecule has 138 valence electrons. The lowest BCUT2D eigenvalue weighted by Gasteiger charge is -1.99. The lowest BCUT2D eigenvalue weighted by Crippen LogP contribution is -2.11. The highest BCUT2D eigenvalue weighted by molar-refractivity contribution is 7.15. The zero-order valence-electron chi connectivity index (χ0n) is 14.8. The molecule has 0 saturated carbocycles. The van der Waals surface area contributed by atoms with Crippen molar-refractivity contribution in [3.05, 3.63) is 75.4 Å². The molecule has 4 aromatic rings. The molecule has 1 aromatic carbocycles. The average molecular weight is 406 g/mol. The Balaban J connectivity index is 1.41. The Morgan fingerprint density at radius 1 is 1.25 bits per heavy atom. The number of carbonyl (C=O) groups is 1. The van der Waals surface area contributed by atoms with Crippen LogP contribution in [0.25, 0.3) is 10.8 Å². The number of furan rings is 1. The summed E-state index contributed by atoms with van der Waals surface area (Å²) in [4.78, 5) is 22.1. The first kappa shape index (κ1) is 18.1. The molecule has 0 aliphatic carbocycles. The van der Waals surface area contributed by atoms with Crippen molar-refractivity contribution in [1.82, 2.24) is 9.97 Å². The maximum absolute atomic E-state index is 12.4. The van der Waals surface area contributed by atoms with Gasteiger partial charge in [0.15, 0.2) is 15.9 Å². The summed E-state index contributed by atoms with van der Waals surface area (Å²) in [6.45, 7) is 1.86. The fourth-order valence-corrected chi connectivity index (χ4v) is 4.15. The first-order chi connectivity index (χ1) is 13.6. The number of aromatic nitrogens is 2. The molecule has 8 heteroatoms. The predicted molar refractivity (Wildman–Crippen MR) is 109 cm³/mol. The smallest absolute Gasteiger partial charge is 0.276 e. The molecule has 0 bridgehead atoms. The van der Waals surface area contributed by atoms with E-state index in [4.69, 9.17) is 9.68 Å². The van der Waals surface area contributed by atoms with E-state index >= 15 is 0 Å². The second kappa shape index (κ2) is 7.76. The van der Waals surface area contributed by atoms with Gasteiger partial charge in [0.1, 0.15) is 11.5 Å². The van der Waals surface area contributed by atoms with Crippen LogP contribution in [0.1, 0.15) is 32.3 Å². The Morgan fingerprint density at radius 2 is 2.07 bits per heavy atom. The number of nitriles is 1. The van der Waals surface area contributed by atoms with Crippen LogP contribution in [0.5, 0.6) is 0 Å². The van der Waals surface area contributed by atoms with Crippen LogP contribution in [-0.4, -0.2) is 15.9 Å². The first-order valence-electron chi connectivity index (χ1n) is 8.38. The van der Waals surface area contributed by atoms with Gasteiger partial charge < -0.3 is 4.42 Å². The van der Waals surface area contributed by atoms with Crippen molar-refractivity contribution in [2.24, 2.45) is 0 Å². The third-order valence-electron chi connectivity index (χ3n) is 3.92. The number of thiazole rings is 2. The zero-order chi connectivity index (χ0) is 19.5. The van der Waals surface area contributed by atoms with Gasteiger partial charge in [-0.1, -0.05) is 12.1 Å². The van der Waals surface area contributed by atoms with Crippen molar-refractivity contribution >= 4 is 33.7 Å². The number of aryl methyl sites for hydroxylation is 1. The van der Waals surface area contributed by atoms with Gasteiger partial charge in [-0.2, -0.15) is 5.26 Å². The van der Waals surface area contributed by atoms with Gasteiger partial charge in [0, 0.05) is 22.9 Å². The molecule has 0 atom stereocenters. The number of nitrogens with zero attached hydrogens (tertiary/aromatic N) is 3. The standard InChI is InChI=1S/C20H14N4O2S2/c1-12-2-7-17(26-12)19-23-16(11-27-19)18(25)24-20-22-10-15(28-20)8-13-3-5-14(9-21)6-4-13/h2-7,10-11H,8H2,1H3,(H,22,24,25). The molecule has 0 spiro atoms. The van der Waals surface area contributed by atoms with Gasteiger partial charge in [-0.3, -0.25) is 10.1 Å². The molecule has 0 aliphatic rings. The lowest BCUT2D eigenvalue weighted by atomic mass is 10.1. The summed E-state index contributed by atoms with van der Waals surface area (Å²) in [7, 11) is 0. The first-order valence-corrected chi connectivity index (χ1v) is 10.1. The summed E-state index contributed by atoms with van der Waals surface area (Å²) in [6, 6.07) is 13.2. The highest BCUT2D eigenvalue weighted by Gasteiger charge is 2.15. The van der Waals surface area contributed by atoms with Crippen molar-refractivity contribution < 1.29 is 9.21 Å². The number of hydrogen-bond acceptors (Lipinski definition) is 7. The van der Waals surface area contributed by atoms with Crippen LogP contribution in [0, 0.1) is 18.3 Å². The van der Waals surface area contributed by atoms with Crippen molar-refractivity contribution in [2.75, 3.05) is 5.32 Å². The summed E-state index contributed by atoms with van der Waals surface area (Å²) in [5.74, 6) is 1.15. The summed E-state index contributed by atoms with van der Waals surface area (Å²) >= 11 is 2.78. The van der Waals surface area contributed by atoms with E-state index in [0.717, 1.165) is 16.2 Å². The molecule has 1 N–H and O–H groups in total. The van der Waals surface area contributed by atoms with Gasteiger partial charge >= 0.3 is 0 Å². The molecule has 4 rings (SSSR count). The molecule has 0 aliphatic heterocycles. The number of carbonyl (C=O) groups excluding carboxylic acids is 1. The maximum atomic E-state index is 12.4. The van der Waals surface area contributed by atoms with E-state index in [-0.39, 0.29) is 5.91 Å². The van der Waals surface area contributed by atoms with E-state index in [1.54, 1.807) is 23.7 Å². The highest BCUT2D eigenvalue weighted by Crippen LogP contribution is 2.26. The fourth-order valence-electron chi connectivity index (χ4n) is 2.55. The molecule has 1 amide bonds. The Hall–Kier alpha value is -3.28. The summed E-state index contributed by atoms with van der Waals surface area (Å²) in [6.07, 6.45) is 2.44. The van der Waals surface area contributed by atoms with Crippen LogP contribution in [0.15, 0.2) is 52.4 Å². The number of amides is 1. The number of anilines is 1. The molecule has 0 radical (unpaired) electrons. The lowest BCUT2D eigenvalue weighted by molar-refractivity contribution is 0.102. The van der Waals surface area contributed by atoms with Crippen LogP contribution < -0.4 is 5.32 Å². The predicted octanol–water partition coefficient (Wildman–Crippen LogP) is 4.88. The zero-order valence-corrected chi connectivity index (χ0v) is 16.4. The van der Waals surface area contributed by atoms with Gasteiger partial charge in [-0.05, 0) is 36.8 Å². The van der Waals surface area contributed by atoms with Crippen LogP contribution in [0.3, 0.4) is 0 Å². The van der Waals surface area contributed by atoms with Crippen molar-refractivity contribution in [3.8, 4) is 16.8 Å². The molecular formula is C20H14N4O2S2. The van der Waals surface area contributed by atoms with Crippen LogP contribution in [0.2, 0.25) is 0 Å². The Bertz CT molecular complexity index is 1170. The second-order valence-corrected chi connectivity index (χ2v) is 7.99. The third kappa shape index (κ3) is 4.01. The normalized spacial score (nSPS) is 10.6. The van der Waals surface area contributed by atoms with E-state index < -0.39 is 0 Å². The monoisotopic (exact) mass is 406 g/mol. The van der Waals surface area contributed by atoms with Gasteiger partial charge in [-0.25, -0.2) is 9.97 Å². The Kier molecular flexibility index (Phi) is 5.02. The van der Waals surface area contributed by atoms with Gasteiger partial charge in [0.05, 0.1) is 11.6 Å². The molecule has 0 fully saturated rings. The Labute approximate surface area is 169 Å². The largest absolute Gasteiger partial charge is 0.459 e. The van der Waals surface area contributed by atoms with Crippen molar-refractivity contribution in [1.29, 1.82) is 5.26 Å². The minimum Gasteiger partial charge on any atom is -0.459 e. The number of rotatable bonds is 5. The quantitative estimate of drug-likeness (QED) is 0.510. The summed E-state index contributed by atoms with van der Waals surface area (Å²) < 4.78 is 5.54. The van der Waals surface area contributed by atoms with E-state index in [2.05, 4.69) is 21.4 Å². The summed E-state index contributed by atoms with van der Waals surface area (Å²) in [5, 5.41) is 14.5. The molecular weight excluding hydrogens is 392 g/mol. The molecule has 0 saturated heterocycles. The average Bonchev–Trinajstić information content (AvgIpc) is 3.43. The third-order valence-corrected chi connectivity index (χ3v) is 5.69. The SMILES string of the molecule is Cc1ccc(-c2nc(C(=O)Nc3ncc(Cc4ccc(C#N)cc4)s3)cs2)o1. The van der Waals surface area contributed by atoms with Crippen LogP contribution in [-0.2, 0) is 6.42 Å². The minimum absolute atomic E-state index is 0.301. The topological polar surface area (TPSA) is 91.8 Å². The van der Waals surface area contributed by atoms with Gasteiger partial charge in [0.25, 0.3) is 5.91 Å². The van der Waals surface area contributed by atoms with Crippen LogP contribution in [0.4, 0.5) is 5.13 Å². The second-order valence-electron chi connectivity index (χ2n) is 6.02. The molecule has 6 nitrogen and oxygen atoms in total. The molecule has 28 heavy (non-hydrogen) atoms. The van der Waals surface area contributed by atoms with Gasteiger partial charge in [-0.15, -0.1) is 22.7 Å². The van der Waals surface area contributed by atoms with E-state index in [1.165, 1.54) is 22.7 Å². The maximum Gasteiger partial charge on any atom is 0.276 e. The van der Waals surface area contributed by atoms with E-state index in [0.29, 0.717) is 33.6 Å². The van der Waals surface area contributed by atoms with Crippen molar-refractivity contribution in [3.63, 3.8) is 0 Å². The van der Waals surface area contributed by atoms with E-state index in [1.807, 2.05) is 31.2 Å². The number of nitrogens with one attached hydrogen (secondary N) is 1. The molecule has 0 unspecified atom stereocenters. The van der Waals surface area contributed by atoms with Crippen LogP contribution >= 0.6 is 22.7 Å². The van der Waals surface area contributed by atoms with Crippen molar-refractivity contribution in [2.45, 2.75) is 13.3 Å². The Morgan fingerprint density at radius 3 is 2.79 bits per heavy atom. The minimum atomic E-state index is -0.301. The molecule has 3 heterocycles. The fraction of sp³-hybridized carbons (Fsp3) is 0.100. The highest BCUT2D eigenvalue weighted by atomic mass is 32.1. The van der Waals surface area contributed by atoms with E-state index in [9.17, 15) is 4.79 Å². The number of benzene rings is 1. The van der Waals surface area contributed by atoms with Gasteiger partial charge in [0.2, 0.25) is 0 Å². The summed E-state index contributed by atoms with van der Waals surface area (Å²) in [5.41, 5.74) is 2.05.